The lowest BCUT2D eigenvalue weighted by atomic mass is 10.1. The number of carbonyl (C=O) groups excluding carboxylic acids is 1. The zero-order valence-corrected chi connectivity index (χ0v) is 21.3. The third-order valence-electron chi connectivity index (χ3n) is 5.18. The van der Waals surface area contributed by atoms with Gasteiger partial charge in [-0.2, -0.15) is 13.2 Å². The fourth-order valence-electron chi connectivity index (χ4n) is 3.41. The van der Waals surface area contributed by atoms with Crippen LogP contribution in [0.3, 0.4) is 0 Å². The maximum atomic E-state index is 13.7. The second kappa shape index (κ2) is 10.9. The van der Waals surface area contributed by atoms with Gasteiger partial charge in [-0.15, -0.1) is 0 Å². The molecule has 0 atom stereocenters. The number of rotatable bonds is 8. The Morgan fingerprint density at radius 3 is 2.14 bits per heavy atom. The molecule has 0 saturated carbocycles. The van der Waals surface area contributed by atoms with E-state index in [1.54, 1.807) is 24.3 Å². The first-order chi connectivity index (χ1) is 17.2. The minimum atomic E-state index is -5.00. The number of hydrogen-bond donors (Lipinski definition) is 1. The van der Waals surface area contributed by atoms with E-state index in [1.807, 2.05) is 0 Å². The average Bonchev–Trinajstić information content (AvgIpc) is 2.82. The Bertz CT molecular complexity index is 1410. The standard InChI is InChI=1S/C24H21ClF4N2O5S/c1-35-21-11-17(23(32)30-16-8-9-19(26)18(10-16)24(27,28)29)20(12-22(21)36-2)31(37(3,33)34)13-14-4-6-15(25)7-5-14/h4-12H,13H2,1-3H3,(H,30,32). The Morgan fingerprint density at radius 1 is 1.00 bits per heavy atom. The van der Waals surface area contributed by atoms with Crippen molar-refractivity contribution in [2.24, 2.45) is 0 Å². The summed E-state index contributed by atoms with van der Waals surface area (Å²) >= 11 is 5.91. The molecule has 3 rings (SSSR count). The van der Waals surface area contributed by atoms with E-state index in [0.29, 0.717) is 22.7 Å². The Morgan fingerprint density at radius 2 is 1.59 bits per heavy atom. The molecule has 0 heterocycles. The molecule has 0 saturated heterocycles. The highest BCUT2D eigenvalue weighted by Crippen LogP contribution is 2.38. The van der Waals surface area contributed by atoms with Crippen molar-refractivity contribution in [3.05, 3.63) is 82.1 Å². The topological polar surface area (TPSA) is 84.9 Å². The van der Waals surface area contributed by atoms with E-state index in [9.17, 15) is 30.8 Å². The van der Waals surface area contributed by atoms with Gasteiger partial charge >= 0.3 is 6.18 Å². The van der Waals surface area contributed by atoms with Crippen LogP contribution in [0.4, 0.5) is 28.9 Å². The number of anilines is 2. The predicted octanol–water partition coefficient (Wildman–Crippen LogP) is 5.73. The van der Waals surface area contributed by atoms with Crippen molar-refractivity contribution in [1.29, 1.82) is 0 Å². The SMILES string of the molecule is COc1cc(C(=O)Nc2ccc(F)c(C(F)(F)F)c2)c(N(Cc2ccc(Cl)cc2)S(C)(=O)=O)cc1OC. The number of alkyl halides is 3. The third-order valence-corrected chi connectivity index (χ3v) is 6.56. The minimum Gasteiger partial charge on any atom is -0.493 e. The second-order valence-electron chi connectivity index (χ2n) is 7.77. The molecule has 0 spiro atoms. The van der Waals surface area contributed by atoms with Crippen LogP contribution in [0.15, 0.2) is 54.6 Å². The van der Waals surface area contributed by atoms with Crippen LogP contribution in [-0.4, -0.2) is 34.8 Å². The van der Waals surface area contributed by atoms with Gasteiger partial charge in [0.25, 0.3) is 5.91 Å². The van der Waals surface area contributed by atoms with Gasteiger partial charge in [-0.05, 0) is 42.0 Å². The lowest BCUT2D eigenvalue weighted by molar-refractivity contribution is -0.139. The molecule has 0 aromatic heterocycles. The van der Waals surface area contributed by atoms with Gasteiger partial charge in [-0.1, -0.05) is 23.7 Å². The Labute approximate surface area is 215 Å². The van der Waals surface area contributed by atoms with Crippen LogP contribution >= 0.6 is 11.6 Å². The average molecular weight is 561 g/mol. The molecule has 0 bridgehead atoms. The van der Waals surface area contributed by atoms with E-state index in [4.69, 9.17) is 21.1 Å². The van der Waals surface area contributed by atoms with E-state index < -0.39 is 33.5 Å². The van der Waals surface area contributed by atoms with Crippen molar-refractivity contribution in [1.82, 2.24) is 0 Å². The highest BCUT2D eigenvalue weighted by molar-refractivity contribution is 7.92. The molecular formula is C24H21ClF4N2O5S. The van der Waals surface area contributed by atoms with Crippen LogP contribution in [0.5, 0.6) is 11.5 Å². The number of sulfonamides is 1. The van der Waals surface area contributed by atoms with Gasteiger partial charge in [0.2, 0.25) is 10.0 Å². The van der Waals surface area contributed by atoms with Crippen LogP contribution < -0.4 is 19.1 Å². The van der Waals surface area contributed by atoms with Gasteiger partial charge in [0.1, 0.15) is 5.82 Å². The Balaban J connectivity index is 2.13. The summed E-state index contributed by atoms with van der Waals surface area (Å²) in [5.74, 6) is -2.32. The largest absolute Gasteiger partial charge is 0.493 e. The van der Waals surface area contributed by atoms with Gasteiger partial charge in [-0.3, -0.25) is 9.10 Å². The zero-order chi connectivity index (χ0) is 27.5. The number of methoxy groups -OCH3 is 2. The monoisotopic (exact) mass is 560 g/mol. The first-order valence-corrected chi connectivity index (χ1v) is 12.6. The summed E-state index contributed by atoms with van der Waals surface area (Å²) in [7, 11) is -1.41. The molecule has 0 aliphatic heterocycles. The van der Waals surface area contributed by atoms with Crippen molar-refractivity contribution in [2.45, 2.75) is 12.7 Å². The van der Waals surface area contributed by atoms with Crippen LogP contribution in [0.1, 0.15) is 21.5 Å². The van der Waals surface area contributed by atoms with Gasteiger partial charge in [0, 0.05) is 16.8 Å². The number of halogens is 5. The molecule has 3 aromatic carbocycles. The molecule has 0 radical (unpaired) electrons. The lowest BCUT2D eigenvalue weighted by Crippen LogP contribution is -2.31. The van der Waals surface area contributed by atoms with Gasteiger partial charge in [0.15, 0.2) is 11.5 Å². The summed E-state index contributed by atoms with van der Waals surface area (Å²) in [6.45, 7) is -0.208. The quantitative estimate of drug-likeness (QED) is 0.356. The predicted molar refractivity (Wildman–Crippen MR) is 131 cm³/mol. The molecule has 1 N–H and O–H groups in total. The summed E-state index contributed by atoms with van der Waals surface area (Å²) in [4.78, 5) is 13.3. The highest BCUT2D eigenvalue weighted by Gasteiger charge is 2.34. The second-order valence-corrected chi connectivity index (χ2v) is 10.1. The molecule has 0 aliphatic rings. The summed E-state index contributed by atoms with van der Waals surface area (Å²) in [5, 5.41) is 2.69. The molecule has 0 aliphatic carbocycles. The van der Waals surface area contributed by atoms with Crippen LogP contribution in [0.2, 0.25) is 5.02 Å². The van der Waals surface area contributed by atoms with E-state index in [1.165, 1.54) is 26.4 Å². The highest BCUT2D eigenvalue weighted by atomic mass is 35.5. The number of nitrogens with zero attached hydrogens (tertiary/aromatic N) is 1. The molecule has 198 valence electrons. The van der Waals surface area contributed by atoms with Crippen molar-refractivity contribution in [2.75, 3.05) is 30.1 Å². The molecule has 1 amide bonds. The maximum absolute atomic E-state index is 13.7. The Hall–Kier alpha value is -3.51. The number of carbonyl (C=O) groups is 1. The van der Waals surface area contributed by atoms with E-state index in [2.05, 4.69) is 5.32 Å². The van der Waals surface area contributed by atoms with Crippen molar-refractivity contribution >= 4 is 38.9 Å². The fraction of sp³-hybridized carbons (Fsp3) is 0.208. The summed E-state index contributed by atoms with van der Waals surface area (Å²) in [5.41, 5.74) is -1.79. The molecule has 7 nitrogen and oxygen atoms in total. The molecule has 13 heteroatoms. The van der Waals surface area contributed by atoms with Gasteiger partial charge < -0.3 is 14.8 Å². The zero-order valence-electron chi connectivity index (χ0n) is 19.7. The van der Waals surface area contributed by atoms with Crippen LogP contribution in [-0.2, 0) is 22.7 Å². The third kappa shape index (κ3) is 6.63. The maximum Gasteiger partial charge on any atom is 0.419 e. The van der Waals surface area contributed by atoms with Crippen LogP contribution in [0.25, 0.3) is 0 Å². The van der Waals surface area contributed by atoms with Crippen molar-refractivity contribution in [3.8, 4) is 11.5 Å². The minimum absolute atomic E-state index is 0.0615. The first-order valence-electron chi connectivity index (χ1n) is 10.4. The van der Waals surface area contributed by atoms with Gasteiger partial charge in [-0.25, -0.2) is 12.8 Å². The summed E-state index contributed by atoms with van der Waals surface area (Å²) < 4.78 is 90.2. The van der Waals surface area contributed by atoms with Crippen molar-refractivity contribution in [3.63, 3.8) is 0 Å². The smallest absolute Gasteiger partial charge is 0.419 e. The van der Waals surface area contributed by atoms with E-state index in [0.717, 1.165) is 16.6 Å². The number of hydrogen-bond acceptors (Lipinski definition) is 5. The normalized spacial score (nSPS) is 11.7. The lowest BCUT2D eigenvalue weighted by Gasteiger charge is -2.26. The molecule has 37 heavy (non-hydrogen) atoms. The van der Waals surface area contributed by atoms with Crippen LogP contribution in [0, 0.1) is 5.82 Å². The first kappa shape index (κ1) is 28.1. The number of nitrogens with one attached hydrogen (secondary N) is 1. The molecule has 3 aromatic rings. The summed E-state index contributed by atoms with van der Waals surface area (Å²) in [6.07, 6.45) is -4.07. The van der Waals surface area contributed by atoms with Gasteiger partial charge in [0.05, 0.1) is 43.8 Å². The number of amides is 1. The number of benzene rings is 3. The molecule has 0 unspecified atom stereocenters. The Kier molecular flexibility index (Phi) is 8.23. The number of ether oxygens (including phenoxy) is 2. The molecular weight excluding hydrogens is 540 g/mol. The van der Waals surface area contributed by atoms with Crippen molar-refractivity contribution < 1.29 is 40.2 Å². The molecule has 0 fully saturated rings. The van der Waals surface area contributed by atoms with E-state index >= 15 is 0 Å². The fourth-order valence-corrected chi connectivity index (χ4v) is 4.43. The summed E-state index contributed by atoms with van der Waals surface area (Å²) in [6, 6.07) is 10.7. The van der Waals surface area contributed by atoms with E-state index in [-0.39, 0.29) is 35.0 Å².